The van der Waals surface area contributed by atoms with Crippen LogP contribution < -0.4 is 16.2 Å². The lowest BCUT2D eigenvalue weighted by Gasteiger charge is -2.27. The Kier molecular flexibility index (Phi) is 6.39. The Bertz CT molecular complexity index is 836. The van der Waals surface area contributed by atoms with Crippen LogP contribution in [-0.4, -0.2) is 42.3 Å². The summed E-state index contributed by atoms with van der Waals surface area (Å²) in [5.41, 5.74) is 10.4. The van der Waals surface area contributed by atoms with Gasteiger partial charge in [0.25, 0.3) is 5.91 Å². The van der Waals surface area contributed by atoms with Crippen molar-refractivity contribution >= 4 is 23.4 Å². The molecule has 1 saturated heterocycles. The molecule has 3 amide bonds. The quantitative estimate of drug-likeness (QED) is 0.761. The molecular formula is C21H24N4O3. The minimum absolute atomic E-state index is 0.109. The van der Waals surface area contributed by atoms with Gasteiger partial charge >= 0.3 is 0 Å². The molecule has 0 radical (unpaired) electrons. The van der Waals surface area contributed by atoms with Crippen molar-refractivity contribution in [2.45, 2.75) is 19.3 Å². The number of hydrazine groups is 1. The van der Waals surface area contributed by atoms with Crippen LogP contribution >= 0.6 is 0 Å². The monoisotopic (exact) mass is 380 g/mol. The van der Waals surface area contributed by atoms with Crippen molar-refractivity contribution in [3.05, 3.63) is 65.7 Å². The van der Waals surface area contributed by atoms with Crippen LogP contribution in [0.3, 0.4) is 0 Å². The lowest BCUT2D eigenvalue weighted by atomic mass is 10.1. The minimum atomic E-state index is -0.199. The van der Waals surface area contributed by atoms with Crippen LogP contribution in [-0.2, 0) is 16.0 Å². The van der Waals surface area contributed by atoms with E-state index in [1.165, 1.54) is 5.01 Å². The number of hydrogen-bond acceptors (Lipinski definition) is 4. The van der Waals surface area contributed by atoms with Gasteiger partial charge in [-0.05, 0) is 36.2 Å². The van der Waals surface area contributed by atoms with E-state index < -0.39 is 0 Å². The highest BCUT2D eigenvalue weighted by Gasteiger charge is 2.24. The van der Waals surface area contributed by atoms with E-state index in [1.807, 2.05) is 30.3 Å². The summed E-state index contributed by atoms with van der Waals surface area (Å²) in [4.78, 5) is 38.1. The van der Waals surface area contributed by atoms with Gasteiger partial charge in [-0.2, -0.15) is 0 Å². The zero-order valence-corrected chi connectivity index (χ0v) is 15.6. The maximum atomic E-state index is 12.9. The molecule has 0 aliphatic carbocycles. The van der Waals surface area contributed by atoms with Gasteiger partial charge < -0.3 is 10.6 Å². The Hall–Kier alpha value is -3.19. The van der Waals surface area contributed by atoms with E-state index in [9.17, 15) is 14.4 Å². The largest absolute Gasteiger partial charge is 0.337 e. The molecule has 1 aliphatic heterocycles. The highest BCUT2D eigenvalue weighted by atomic mass is 16.2. The minimum Gasteiger partial charge on any atom is -0.337 e. The normalized spacial score (nSPS) is 14.0. The smallest absolute Gasteiger partial charge is 0.253 e. The summed E-state index contributed by atoms with van der Waals surface area (Å²) in [7, 11) is 0. The maximum absolute atomic E-state index is 12.9. The Morgan fingerprint density at radius 3 is 2.39 bits per heavy atom. The van der Waals surface area contributed by atoms with E-state index in [1.54, 1.807) is 29.2 Å². The first-order valence-corrected chi connectivity index (χ1v) is 9.34. The average molecular weight is 380 g/mol. The molecule has 0 bridgehead atoms. The van der Waals surface area contributed by atoms with Crippen molar-refractivity contribution in [2.24, 2.45) is 5.73 Å². The topological polar surface area (TPSA) is 95.7 Å². The molecule has 146 valence electrons. The summed E-state index contributed by atoms with van der Waals surface area (Å²) in [6.45, 7) is 1.42. The number of benzene rings is 2. The van der Waals surface area contributed by atoms with Crippen molar-refractivity contribution in [1.82, 2.24) is 10.3 Å². The number of amides is 3. The summed E-state index contributed by atoms with van der Waals surface area (Å²) >= 11 is 0. The Morgan fingerprint density at radius 2 is 1.71 bits per heavy atom. The highest BCUT2D eigenvalue weighted by molar-refractivity contribution is 6.01. The molecule has 2 aromatic carbocycles. The highest BCUT2D eigenvalue weighted by Crippen LogP contribution is 2.18. The fourth-order valence-electron chi connectivity index (χ4n) is 3.10. The molecule has 1 fully saturated rings. The molecule has 0 aromatic heterocycles. The maximum Gasteiger partial charge on any atom is 0.253 e. The Balaban J connectivity index is 1.68. The van der Waals surface area contributed by atoms with Gasteiger partial charge in [-0.1, -0.05) is 30.3 Å². The molecule has 0 unspecified atom stereocenters. The van der Waals surface area contributed by atoms with E-state index in [4.69, 9.17) is 5.73 Å². The molecule has 0 atom stereocenters. The second kappa shape index (κ2) is 9.14. The molecule has 28 heavy (non-hydrogen) atoms. The summed E-state index contributed by atoms with van der Waals surface area (Å²) < 4.78 is 0. The molecule has 3 N–H and O–H groups in total. The predicted molar refractivity (Wildman–Crippen MR) is 106 cm³/mol. The van der Waals surface area contributed by atoms with Gasteiger partial charge in [-0.3, -0.25) is 19.8 Å². The van der Waals surface area contributed by atoms with Crippen LogP contribution in [0.4, 0.5) is 5.69 Å². The second-order valence-corrected chi connectivity index (χ2v) is 6.63. The van der Waals surface area contributed by atoms with Crippen LogP contribution in [0.2, 0.25) is 0 Å². The first-order chi connectivity index (χ1) is 13.6. The molecule has 1 heterocycles. The Morgan fingerprint density at radius 1 is 1.00 bits per heavy atom. The van der Waals surface area contributed by atoms with Gasteiger partial charge in [-0.15, -0.1) is 0 Å². The number of carbonyl (C=O) groups is 3. The lowest BCUT2D eigenvalue weighted by Crippen LogP contribution is -2.50. The van der Waals surface area contributed by atoms with E-state index in [0.717, 1.165) is 12.0 Å². The third kappa shape index (κ3) is 4.75. The number of hydrogen-bond donors (Lipinski definition) is 2. The van der Waals surface area contributed by atoms with Crippen molar-refractivity contribution in [2.75, 3.05) is 24.6 Å². The van der Waals surface area contributed by atoms with Gasteiger partial charge in [0.15, 0.2) is 0 Å². The molecule has 7 nitrogen and oxygen atoms in total. The van der Waals surface area contributed by atoms with Gasteiger partial charge in [0, 0.05) is 38.0 Å². The van der Waals surface area contributed by atoms with Crippen LogP contribution in [0.5, 0.6) is 0 Å². The first-order valence-electron chi connectivity index (χ1n) is 9.34. The van der Waals surface area contributed by atoms with Crippen molar-refractivity contribution in [3.63, 3.8) is 0 Å². The Labute approximate surface area is 164 Å². The summed E-state index contributed by atoms with van der Waals surface area (Å²) in [5, 5.41) is 1.23. The van der Waals surface area contributed by atoms with Gasteiger partial charge in [0.1, 0.15) is 0 Å². The van der Waals surface area contributed by atoms with Crippen molar-refractivity contribution in [1.29, 1.82) is 0 Å². The van der Waals surface area contributed by atoms with Crippen molar-refractivity contribution in [3.8, 4) is 0 Å². The number of anilines is 1. The first kappa shape index (κ1) is 19.6. The number of nitrogens with zero attached hydrogens (tertiary/aromatic N) is 2. The zero-order valence-electron chi connectivity index (χ0n) is 15.6. The second-order valence-electron chi connectivity index (χ2n) is 6.63. The van der Waals surface area contributed by atoms with Crippen molar-refractivity contribution < 1.29 is 14.4 Å². The van der Waals surface area contributed by atoms with E-state index >= 15 is 0 Å². The SMILES string of the molecule is NCCN(CCc1ccccc1)C(=O)c1ccc(N2NC(=O)CCC2=O)cc1. The molecule has 3 rings (SSSR count). The van der Waals surface area contributed by atoms with Crippen LogP contribution in [0.25, 0.3) is 0 Å². The molecule has 1 aliphatic rings. The summed E-state index contributed by atoms with van der Waals surface area (Å²) in [6.07, 6.45) is 1.12. The molecule has 0 spiro atoms. The third-order valence-corrected chi connectivity index (χ3v) is 4.62. The van der Waals surface area contributed by atoms with Gasteiger partial charge in [0.05, 0.1) is 5.69 Å². The number of nitrogens with one attached hydrogen (secondary N) is 1. The lowest BCUT2D eigenvalue weighted by molar-refractivity contribution is -0.130. The molecular weight excluding hydrogens is 356 g/mol. The summed E-state index contributed by atoms with van der Waals surface area (Å²) in [5.74, 6) is -0.483. The van der Waals surface area contributed by atoms with Crippen LogP contribution in [0, 0.1) is 0 Å². The average Bonchev–Trinajstić information content (AvgIpc) is 2.73. The van der Waals surface area contributed by atoms with E-state index in [0.29, 0.717) is 30.9 Å². The fraction of sp³-hybridized carbons (Fsp3) is 0.286. The fourth-order valence-corrected chi connectivity index (χ4v) is 3.10. The van der Waals surface area contributed by atoms with Crippen LogP contribution in [0.1, 0.15) is 28.8 Å². The zero-order chi connectivity index (χ0) is 19.9. The molecule has 0 saturated carbocycles. The van der Waals surface area contributed by atoms with E-state index in [2.05, 4.69) is 5.43 Å². The number of nitrogens with two attached hydrogens (primary N) is 1. The third-order valence-electron chi connectivity index (χ3n) is 4.62. The van der Waals surface area contributed by atoms with Crippen LogP contribution in [0.15, 0.2) is 54.6 Å². The predicted octanol–water partition coefficient (Wildman–Crippen LogP) is 1.49. The molecule has 2 aromatic rings. The van der Waals surface area contributed by atoms with Gasteiger partial charge in [0.2, 0.25) is 11.8 Å². The standard InChI is InChI=1S/C21H24N4O3/c22-13-15-24(14-12-16-4-2-1-3-5-16)21(28)17-6-8-18(9-7-17)25-20(27)11-10-19(26)23-25/h1-9H,10-15,22H2,(H,23,26). The molecule has 7 heteroatoms. The number of carbonyl (C=O) groups excluding carboxylic acids is 3. The summed E-state index contributed by atoms with van der Waals surface area (Å²) in [6, 6.07) is 16.6. The van der Waals surface area contributed by atoms with Gasteiger partial charge in [-0.25, -0.2) is 5.01 Å². The number of rotatable bonds is 7. The van der Waals surface area contributed by atoms with E-state index in [-0.39, 0.29) is 30.6 Å².